The molecule has 0 saturated heterocycles. The molecule has 18 heavy (non-hydrogen) atoms. The molecule has 0 spiro atoms. The van der Waals surface area contributed by atoms with Crippen LogP contribution in [0.5, 0.6) is 5.75 Å². The SMILES string of the molecule is CCC(CO)(CO)Cc1cc(Cl)cc2c1OCC2. The van der Waals surface area contributed by atoms with E-state index in [0.717, 1.165) is 23.3 Å². The quantitative estimate of drug-likeness (QED) is 0.862. The van der Waals surface area contributed by atoms with Gasteiger partial charge in [0.05, 0.1) is 19.8 Å². The summed E-state index contributed by atoms with van der Waals surface area (Å²) in [6.45, 7) is 2.57. The molecule has 0 unspecified atom stereocenters. The third-order valence-corrected chi connectivity index (χ3v) is 4.03. The fraction of sp³-hybridized carbons (Fsp3) is 0.571. The molecule has 0 aromatic heterocycles. The summed E-state index contributed by atoms with van der Waals surface area (Å²) in [5.41, 5.74) is 1.61. The Bertz CT molecular complexity index is 419. The van der Waals surface area contributed by atoms with Gasteiger partial charge in [0.25, 0.3) is 0 Å². The van der Waals surface area contributed by atoms with E-state index in [2.05, 4.69) is 0 Å². The van der Waals surface area contributed by atoms with Gasteiger partial charge in [-0.1, -0.05) is 18.5 Å². The minimum absolute atomic E-state index is 0.0404. The summed E-state index contributed by atoms with van der Waals surface area (Å²) in [4.78, 5) is 0. The largest absolute Gasteiger partial charge is 0.493 e. The lowest BCUT2D eigenvalue weighted by molar-refractivity contribution is 0.0509. The molecule has 0 atom stereocenters. The van der Waals surface area contributed by atoms with Gasteiger partial charge in [0.2, 0.25) is 0 Å². The molecule has 1 aromatic carbocycles. The molecule has 3 nitrogen and oxygen atoms in total. The summed E-state index contributed by atoms with van der Waals surface area (Å²) in [6, 6.07) is 3.81. The van der Waals surface area contributed by atoms with Gasteiger partial charge in [-0.15, -0.1) is 0 Å². The maximum atomic E-state index is 9.52. The van der Waals surface area contributed by atoms with Crippen LogP contribution in [0.1, 0.15) is 24.5 Å². The zero-order valence-electron chi connectivity index (χ0n) is 10.6. The first-order valence-electron chi connectivity index (χ1n) is 6.30. The Kier molecular flexibility index (Phi) is 4.15. The highest BCUT2D eigenvalue weighted by molar-refractivity contribution is 6.30. The fourth-order valence-electron chi connectivity index (χ4n) is 2.39. The minimum Gasteiger partial charge on any atom is -0.493 e. The number of ether oxygens (including phenoxy) is 1. The van der Waals surface area contributed by atoms with Crippen molar-refractivity contribution in [2.45, 2.75) is 26.2 Å². The van der Waals surface area contributed by atoms with Crippen molar-refractivity contribution in [1.29, 1.82) is 0 Å². The van der Waals surface area contributed by atoms with Gasteiger partial charge in [0.15, 0.2) is 0 Å². The zero-order valence-corrected chi connectivity index (χ0v) is 11.3. The van der Waals surface area contributed by atoms with Gasteiger partial charge in [-0.2, -0.15) is 0 Å². The van der Waals surface area contributed by atoms with Crippen LogP contribution in [-0.4, -0.2) is 30.0 Å². The van der Waals surface area contributed by atoms with Crippen LogP contribution in [0.3, 0.4) is 0 Å². The smallest absolute Gasteiger partial charge is 0.125 e. The normalized spacial score (nSPS) is 14.4. The Morgan fingerprint density at radius 3 is 2.67 bits per heavy atom. The van der Waals surface area contributed by atoms with E-state index in [1.165, 1.54) is 0 Å². The van der Waals surface area contributed by atoms with Gasteiger partial charge in [-0.05, 0) is 36.1 Å². The van der Waals surface area contributed by atoms with Gasteiger partial charge >= 0.3 is 0 Å². The molecule has 1 aliphatic rings. The van der Waals surface area contributed by atoms with E-state index in [9.17, 15) is 10.2 Å². The van der Waals surface area contributed by atoms with E-state index in [4.69, 9.17) is 16.3 Å². The molecule has 4 heteroatoms. The number of fused-ring (bicyclic) bond motifs is 1. The molecule has 0 saturated carbocycles. The van der Waals surface area contributed by atoms with Crippen LogP contribution in [-0.2, 0) is 12.8 Å². The lowest BCUT2D eigenvalue weighted by Gasteiger charge is -2.29. The van der Waals surface area contributed by atoms with Crippen molar-refractivity contribution in [2.24, 2.45) is 5.41 Å². The number of hydrogen-bond donors (Lipinski definition) is 2. The van der Waals surface area contributed by atoms with Gasteiger partial charge in [-0.25, -0.2) is 0 Å². The minimum atomic E-state index is -0.496. The van der Waals surface area contributed by atoms with Crippen molar-refractivity contribution < 1.29 is 14.9 Å². The van der Waals surface area contributed by atoms with Crippen LogP contribution in [0.2, 0.25) is 5.02 Å². The van der Waals surface area contributed by atoms with Crippen molar-refractivity contribution in [1.82, 2.24) is 0 Å². The van der Waals surface area contributed by atoms with Gasteiger partial charge in [-0.3, -0.25) is 0 Å². The number of halogens is 1. The zero-order chi connectivity index (χ0) is 13.2. The van der Waals surface area contributed by atoms with Gasteiger partial charge in [0, 0.05) is 16.9 Å². The lowest BCUT2D eigenvalue weighted by Crippen LogP contribution is -2.31. The molecule has 2 rings (SSSR count). The third kappa shape index (κ3) is 2.48. The van der Waals surface area contributed by atoms with Crippen molar-refractivity contribution in [2.75, 3.05) is 19.8 Å². The highest BCUT2D eigenvalue weighted by Gasteiger charge is 2.30. The molecule has 100 valence electrons. The van der Waals surface area contributed by atoms with Crippen molar-refractivity contribution in [3.63, 3.8) is 0 Å². The highest BCUT2D eigenvalue weighted by atomic mass is 35.5. The summed E-state index contributed by atoms with van der Waals surface area (Å²) >= 11 is 6.11. The van der Waals surface area contributed by atoms with Crippen molar-refractivity contribution >= 4 is 11.6 Å². The van der Waals surface area contributed by atoms with Crippen LogP contribution in [0.4, 0.5) is 0 Å². The maximum Gasteiger partial charge on any atom is 0.125 e. The summed E-state index contributed by atoms with van der Waals surface area (Å²) in [6.07, 6.45) is 2.17. The summed E-state index contributed by atoms with van der Waals surface area (Å²) in [7, 11) is 0. The molecule has 0 bridgehead atoms. The monoisotopic (exact) mass is 270 g/mol. The van der Waals surface area contributed by atoms with Crippen LogP contribution in [0.15, 0.2) is 12.1 Å². The van der Waals surface area contributed by atoms with Gasteiger partial charge < -0.3 is 14.9 Å². The molecule has 2 N–H and O–H groups in total. The molecule has 0 amide bonds. The van der Waals surface area contributed by atoms with E-state index >= 15 is 0 Å². The average molecular weight is 271 g/mol. The van der Waals surface area contributed by atoms with Crippen LogP contribution >= 0.6 is 11.6 Å². The van der Waals surface area contributed by atoms with Gasteiger partial charge in [0.1, 0.15) is 5.75 Å². The van der Waals surface area contributed by atoms with E-state index in [0.29, 0.717) is 24.5 Å². The maximum absolute atomic E-state index is 9.52. The lowest BCUT2D eigenvalue weighted by atomic mass is 9.80. The molecular formula is C14H19ClO3. The Labute approximate surface area is 112 Å². The first-order chi connectivity index (χ1) is 8.64. The Morgan fingerprint density at radius 1 is 1.33 bits per heavy atom. The standard InChI is InChI=1S/C14H19ClO3/c1-2-14(8-16,9-17)7-11-6-12(15)5-10-3-4-18-13(10)11/h5-6,16-17H,2-4,7-9H2,1H3. The van der Waals surface area contributed by atoms with E-state index in [-0.39, 0.29) is 13.2 Å². The summed E-state index contributed by atoms with van der Waals surface area (Å²) < 4.78 is 5.64. The fourth-order valence-corrected chi connectivity index (χ4v) is 2.66. The molecular weight excluding hydrogens is 252 g/mol. The van der Waals surface area contributed by atoms with E-state index < -0.39 is 5.41 Å². The van der Waals surface area contributed by atoms with E-state index in [1.54, 1.807) is 0 Å². The summed E-state index contributed by atoms with van der Waals surface area (Å²) in [5, 5.41) is 19.7. The Balaban J connectivity index is 2.34. The van der Waals surface area contributed by atoms with Crippen molar-refractivity contribution in [3.05, 3.63) is 28.3 Å². The summed E-state index contributed by atoms with van der Waals surface area (Å²) in [5.74, 6) is 0.888. The predicted octanol–water partition coefficient (Wildman–Crippen LogP) is 2.20. The second-order valence-corrected chi connectivity index (χ2v) is 5.43. The predicted molar refractivity (Wildman–Crippen MR) is 71.3 cm³/mol. The molecule has 0 fully saturated rings. The molecule has 1 aliphatic heterocycles. The Morgan fingerprint density at radius 2 is 2.06 bits per heavy atom. The van der Waals surface area contributed by atoms with Crippen LogP contribution in [0.25, 0.3) is 0 Å². The van der Waals surface area contributed by atoms with Crippen LogP contribution < -0.4 is 4.74 Å². The first-order valence-corrected chi connectivity index (χ1v) is 6.68. The first kappa shape index (κ1) is 13.7. The molecule has 1 heterocycles. The highest BCUT2D eigenvalue weighted by Crippen LogP contribution is 2.37. The second-order valence-electron chi connectivity index (χ2n) is 5.00. The topological polar surface area (TPSA) is 49.7 Å². The molecule has 0 aliphatic carbocycles. The third-order valence-electron chi connectivity index (χ3n) is 3.81. The van der Waals surface area contributed by atoms with Crippen molar-refractivity contribution in [3.8, 4) is 5.75 Å². The van der Waals surface area contributed by atoms with Crippen LogP contribution in [0, 0.1) is 5.41 Å². The van der Waals surface area contributed by atoms with E-state index in [1.807, 2.05) is 19.1 Å². The second kappa shape index (κ2) is 5.47. The molecule has 0 radical (unpaired) electrons. The molecule has 1 aromatic rings. The number of hydrogen-bond acceptors (Lipinski definition) is 3. The number of aliphatic hydroxyl groups excluding tert-OH is 2. The Hall–Kier alpha value is -0.770. The number of rotatable bonds is 5. The number of benzene rings is 1. The average Bonchev–Trinajstić information content (AvgIpc) is 2.84. The number of aliphatic hydroxyl groups is 2.